The number of hydrogen-bond acceptors (Lipinski definition) is 6. The van der Waals surface area contributed by atoms with Crippen LogP contribution in [0.1, 0.15) is 11.4 Å². The van der Waals surface area contributed by atoms with Crippen LogP contribution in [-0.4, -0.2) is 63.2 Å². The van der Waals surface area contributed by atoms with Gasteiger partial charge in [0.25, 0.3) is 0 Å². The molecule has 0 spiro atoms. The minimum atomic E-state index is -0.0571. The average Bonchev–Trinajstić information content (AvgIpc) is 3.36. The third kappa shape index (κ3) is 2.94. The molecule has 2 atom stereocenters. The molecule has 0 saturated carbocycles. The second kappa shape index (κ2) is 6.24. The highest BCUT2D eigenvalue weighted by atomic mass is 32.1. The van der Waals surface area contributed by atoms with Crippen LogP contribution < -0.4 is 5.32 Å². The van der Waals surface area contributed by atoms with E-state index in [4.69, 9.17) is 0 Å². The van der Waals surface area contributed by atoms with Gasteiger partial charge in [-0.3, -0.25) is 10.2 Å². The molecule has 2 saturated heterocycles. The van der Waals surface area contributed by atoms with Gasteiger partial charge in [-0.25, -0.2) is 9.78 Å². The molecule has 7 nitrogen and oxygen atoms in total. The number of aromatic nitrogens is 3. The number of aryl methyl sites for hydroxylation is 1. The largest absolute Gasteiger partial charge is 0.323 e. The first-order valence-corrected chi connectivity index (χ1v) is 9.86. The van der Waals surface area contributed by atoms with Gasteiger partial charge < -0.3 is 4.90 Å². The first-order valence-electron chi connectivity index (χ1n) is 9.05. The molecule has 2 aromatic heterocycles. The summed E-state index contributed by atoms with van der Waals surface area (Å²) in [5, 5.41) is 15.2. The van der Waals surface area contributed by atoms with E-state index in [0.717, 1.165) is 45.9 Å². The zero-order valence-electron chi connectivity index (χ0n) is 15.2. The maximum absolute atomic E-state index is 12.7. The number of fused-ring (bicyclic) bond motifs is 3. The van der Waals surface area contributed by atoms with Crippen LogP contribution in [-0.2, 0) is 0 Å². The summed E-state index contributed by atoms with van der Waals surface area (Å²) in [7, 11) is 2.13. The molecular weight excluding hydrogens is 360 g/mol. The van der Waals surface area contributed by atoms with Crippen molar-refractivity contribution < 1.29 is 4.79 Å². The Morgan fingerprint density at radius 2 is 2.07 bits per heavy atom. The Labute approximate surface area is 161 Å². The number of carbonyl (C=O) groups excluding carboxylic acids is 1. The Hall–Kier alpha value is -2.58. The second-order valence-electron chi connectivity index (χ2n) is 7.32. The number of anilines is 1. The summed E-state index contributed by atoms with van der Waals surface area (Å²) >= 11 is 1.57. The van der Waals surface area contributed by atoms with Crippen molar-refractivity contribution in [3.8, 4) is 10.6 Å². The Morgan fingerprint density at radius 3 is 2.78 bits per heavy atom. The van der Waals surface area contributed by atoms with Gasteiger partial charge in [-0.2, -0.15) is 0 Å². The van der Waals surface area contributed by atoms with E-state index in [1.54, 1.807) is 17.5 Å². The monoisotopic (exact) mass is 380 g/mol. The van der Waals surface area contributed by atoms with Crippen molar-refractivity contribution in [1.82, 2.24) is 25.0 Å². The molecule has 1 N–H and O–H groups in total. The third-order valence-electron chi connectivity index (χ3n) is 5.51. The summed E-state index contributed by atoms with van der Waals surface area (Å²) in [6, 6.07) is 8.79. The number of carbonyl (C=O) groups is 1. The van der Waals surface area contributed by atoms with E-state index < -0.39 is 0 Å². The molecule has 2 aliphatic heterocycles. The van der Waals surface area contributed by atoms with Crippen LogP contribution in [0, 0.1) is 6.92 Å². The van der Waals surface area contributed by atoms with E-state index in [2.05, 4.69) is 38.5 Å². The van der Waals surface area contributed by atoms with Crippen molar-refractivity contribution in [2.75, 3.05) is 25.5 Å². The molecule has 8 heteroatoms. The van der Waals surface area contributed by atoms with Crippen molar-refractivity contribution in [3.05, 3.63) is 35.5 Å². The summed E-state index contributed by atoms with van der Waals surface area (Å²) in [5.74, 6) is 0.578. The van der Waals surface area contributed by atoms with Gasteiger partial charge in [0, 0.05) is 42.3 Å². The van der Waals surface area contributed by atoms with Crippen LogP contribution in [0.4, 0.5) is 10.6 Å². The Balaban J connectivity index is 1.38. The summed E-state index contributed by atoms with van der Waals surface area (Å²) in [6.45, 7) is 3.69. The Bertz CT molecular complexity index is 1030. The summed E-state index contributed by atoms with van der Waals surface area (Å²) in [6.07, 6.45) is 2.86. The van der Waals surface area contributed by atoms with Gasteiger partial charge in [0.05, 0.1) is 0 Å². The SMILES string of the molecule is Cc1nnc(-c2ccc3cnc(NC(=O)N4C[C@H]5C[C@@H]4CN5C)cc3c2)s1. The lowest BCUT2D eigenvalue weighted by Gasteiger charge is -2.31. The predicted octanol–water partition coefficient (Wildman–Crippen LogP) is 2.98. The number of benzene rings is 1. The molecule has 2 aliphatic rings. The van der Waals surface area contributed by atoms with Gasteiger partial charge in [0.2, 0.25) is 0 Å². The average molecular weight is 380 g/mol. The van der Waals surface area contributed by atoms with Crippen molar-refractivity contribution in [1.29, 1.82) is 0 Å². The molecule has 3 aromatic rings. The van der Waals surface area contributed by atoms with Gasteiger partial charge in [-0.05, 0) is 37.9 Å². The van der Waals surface area contributed by atoms with E-state index >= 15 is 0 Å². The maximum Gasteiger partial charge on any atom is 0.323 e. The highest BCUT2D eigenvalue weighted by molar-refractivity contribution is 7.14. The number of rotatable bonds is 2. The summed E-state index contributed by atoms with van der Waals surface area (Å²) < 4.78 is 0. The fraction of sp³-hybridized carbons (Fsp3) is 0.368. The molecule has 2 bridgehead atoms. The number of likely N-dealkylation sites (tertiary alicyclic amines) is 2. The molecule has 5 rings (SSSR count). The van der Waals surface area contributed by atoms with Crippen LogP contribution in [0.5, 0.6) is 0 Å². The minimum absolute atomic E-state index is 0.0571. The molecule has 27 heavy (non-hydrogen) atoms. The van der Waals surface area contributed by atoms with E-state index in [1.165, 1.54) is 0 Å². The molecule has 4 heterocycles. The van der Waals surface area contributed by atoms with Crippen LogP contribution in [0.15, 0.2) is 30.5 Å². The van der Waals surface area contributed by atoms with E-state index in [9.17, 15) is 4.79 Å². The number of piperazine rings is 1. The van der Waals surface area contributed by atoms with Crippen molar-refractivity contribution in [2.24, 2.45) is 0 Å². The first-order chi connectivity index (χ1) is 13.1. The molecule has 2 fully saturated rings. The molecule has 2 amide bonds. The van der Waals surface area contributed by atoms with E-state index in [1.807, 2.05) is 30.0 Å². The predicted molar refractivity (Wildman–Crippen MR) is 106 cm³/mol. The van der Waals surface area contributed by atoms with Gasteiger partial charge in [0.1, 0.15) is 15.8 Å². The molecule has 0 aliphatic carbocycles. The Kier molecular flexibility index (Phi) is 3.84. The van der Waals surface area contributed by atoms with Crippen LogP contribution in [0.25, 0.3) is 21.3 Å². The summed E-state index contributed by atoms with van der Waals surface area (Å²) in [5.41, 5.74) is 1.02. The van der Waals surface area contributed by atoms with Crippen LogP contribution >= 0.6 is 11.3 Å². The maximum atomic E-state index is 12.7. The number of pyridine rings is 1. The van der Waals surface area contributed by atoms with Gasteiger partial charge in [-0.15, -0.1) is 10.2 Å². The number of hydrogen-bond donors (Lipinski definition) is 1. The number of urea groups is 1. The smallest absolute Gasteiger partial charge is 0.319 e. The van der Waals surface area contributed by atoms with Crippen molar-refractivity contribution in [2.45, 2.75) is 25.4 Å². The normalized spacial score (nSPS) is 21.9. The molecule has 138 valence electrons. The van der Waals surface area contributed by atoms with E-state index in [0.29, 0.717) is 17.9 Å². The zero-order valence-corrected chi connectivity index (χ0v) is 16.0. The first kappa shape index (κ1) is 16.6. The number of likely N-dealkylation sites (N-methyl/N-ethyl adjacent to an activating group) is 1. The van der Waals surface area contributed by atoms with Crippen LogP contribution in [0.2, 0.25) is 0 Å². The molecule has 0 unspecified atom stereocenters. The van der Waals surface area contributed by atoms with Crippen LogP contribution in [0.3, 0.4) is 0 Å². The number of nitrogens with one attached hydrogen (secondary N) is 1. The summed E-state index contributed by atoms with van der Waals surface area (Å²) in [4.78, 5) is 21.4. The molecule has 0 radical (unpaired) electrons. The number of amides is 2. The fourth-order valence-electron chi connectivity index (χ4n) is 4.05. The molecule has 1 aromatic carbocycles. The second-order valence-corrected chi connectivity index (χ2v) is 8.50. The van der Waals surface area contributed by atoms with Gasteiger partial charge >= 0.3 is 6.03 Å². The lowest BCUT2D eigenvalue weighted by Crippen LogP contribution is -2.48. The van der Waals surface area contributed by atoms with Gasteiger partial charge in [0.15, 0.2) is 0 Å². The zero-order chi connectivity index (χ0) is 18.5. The van der Waals surface area contributed by atoms with Crippen molar-refractivity contribution >= 4 is 34.0 Å². The highest BCUT2D eigenvalue weighted by Crippen LogP contribution is 2.30. The fourth-order valence-corrected chi connectivity index (χ4v) is 4.74. The number of nitrogens with zero attached hydrogens (tertiary/aromatic N) is 5. The molecular formula is C19H20N6OS. The quantitative estimate of drug-likeness (QED) is 0.740. The lowest BCUT2D eigenvalue weighted by molar-refractivity contribution is 0.161. The standard InChI is InChI=1S/C19H20N6OS/c1-11-22-23-18(27-11)12-3-4-13-8-20-17(6-14(13)5-12)21-19(26)25-10-15-7-16(25)9-24(15)2/h3-6,8,15-16H,7,9-10H2,1-2H3,(H,20,21,26)/t15-,16-/m1/s1. The van der Waals surface area contributed by atoms with Gasteiger partial charge in [-0.1, -0.05) is 23.5 Å². The topological polar surface area (TPSA) is 74.2 Å². The van der Waals surface area contributed by atoms with E-state index in [-0.39, 0.29) is 6.03 Å². The minimum Gasteiger partial charge on any atom is -0.319 e. The Morgan fingerprint density at radius 1 is 1.19 bits per heavy atom. The third-order valence-corrected chi connectivity index (χ3v) is 6.39. The van der Waals surface area contributed by atoms with Crippen molar-refractivity contribution in [3.63, 3.8) is 0 Å². The lowest BCUT2D eigenvalue weighted by atomic mass is 10.1. The highest BCUT2D eigenvalue weighted by Gasteiger charge is 2.43.